The maximum absolute atomic E-state index is 5.12. The van der Waals surface area contributed by atoms with Crippen molar-refractivity contribution in [2.24, 2.45) is 11.8 Å². The summed E-state index contributed by atoms with van der Waals surface area (Å²) in [6.45, 7) is 11.3. The summed E-state index contributed by atoms with van der Waals surface area (Å²) in [6.07, 6.45) is 2.10. The van der Waals surface area contributed by atoms with Crippen molar-refractivity contribution in [1.82, 2.24) is 9.55 Å². The normalized spacial score (nSPS) is 13.1. The fourth-order valence-electron chi connectivity index (χ4n) is 1.83. The molecular formula is C13H25N3O. The van der Waals surface area contributed by atoms with Gasteiger partial charge < -0.3 is 14.6 Å². The Morgan fingerprint density at radius 2 is 2.12 bits per heavy atom. The average molecular weight is 239 g/mol. The summed E-state index contributed by atoms with van der Waals surface area (Å²) in [5.41, 5.74) is 1.06. The van der Waals surface area contributed by atoms with E-state index in [1.54, 1.807) is 7.11 Å². The quantitative estimate of drug-likeness (QED) is 0.794. The molecule has 1 unspecified atom stereocenters. The highest BCUT2D eigenvalue weighted by molar-refractivity contribution is 5.28. The second-order valence-corrected chi connectivity index (χ2v) is 5.19. The van der Waals surface area contributed by atoms with E-state index in [0.717, 1.165) is 31.3 Å². The molecule has 0 saturated heterocycles. The smallest absolute Gasteiger partial charge is 0.203 e. The highest BCUT2D eigenvalue weighted by Gasteiger charge is 2.08. The van der Waals surface area contributed by atoms with Crippen molar-refractivity contribution < 1.29 is 4.74 Å². The number of hydrogen-bond donors (Lipinski definition) is 1. The summed E-state index contributed by atoms with van der Waals surface area (Å²) in [4.78, 5) is 4.51. The number of nitrogens with zero attached hydrogens (tertiary/aromatic N) is 2. The van der Waals surface area contributed by atoms with Gasteiger partial charge in [0.25, 0.3) is 0 Å². The number of rotatable bonds is 7. The Morgan fingerprint density at radius 3 is 2.71 bits per heavy atom. The van der Waals surface area contributed by atoms with Gasteiger partial charge in [0, 0.05) is 26.4 Å². The minimum Gasteiger partial charge on any atom is -0.384 e. The van der Waals surface area contributed by atoms with Crippen molar-refractivity contribution in [3.63, 3.8) is 0 Å². The van der Waals surface area contributed by atoms with Crippen molar-refractivity contribution in [3.8, 4) is 0 Å². The van der Waals surface area contributed by atoms with E-state index in [4.69, 9.17) is 4.74 Å². The largest absolute Gasteiger partial charge is 0.384 e. The van der Waals surface area contributed by atoms with Crippen LogP contribution in [0.1, 0.15) is 26.5 Å². The SMILES string of the molecule is COCC(C)CNc1nc(C)cn1CC(C)C. The molecule has 98 valence electrons. The molecule has 1 rings (SSSR count). The Hall–Kier alpha value is -1.03. The Labute approximate surface area is 104 Å². The van der Waals surface area contributed by atoms with E-state index in [0.29, 0.717) is 11.8 Å². The predicted octanol–water partition coefficient (Wildman–Crippen LogP) is 2.54. The topological polar surface area (TPSA) is 39.1 Å². The number of anilines is 1. The van der Waals surface area contributed by atoms with E-state index < -0.39 is 0 Å². The number of ether oxygens (including phenoxy) is 1. The molecule has 0 amide bonds. The van der Waals surface area contributed by atoms with E-state index in [1.807, 2.05) is 6.92 Å². The molecule has 0 bridgehead atoms. The van der Waals surface area contributed by atoms with Crippen LogP contribution in [0.3, 0.4) is 0 Å². The highest BCUT2D eigenvalue weighted by atomic mass is 16.5. The van der Waals surface area contributed by atoms with Gasteiger partial charge in [-0.15, -0.1) is 0 Å². The Bertz CT molecular complexity index is 333. The molecule has 1 heterocycles. The van der Waals surface area contributed by atoms with Crippen molar-refractivity contribution in [2.75, 3.05) is 25.6 Å². The number of methoxy groups -OCH3 is 1. The summed E-state index contributed by atoms with van der Waals surface area (Å²) in [6, 6.07) is 0. The molecule has 0 aromatic carbocycles. The summed E-state index contributed by atoms with van der Waals surface area (Å²) < 4.78 is 7.32. The zero-order valence-electron chi connectivity index (χ0n) is 11.7. The molecule has 0 aliphatic heterocycles. The fraction of sp³-hybridized carbons (Fsp3) is 0.769. The first-order valence-corrected chi connectivity index (χ1v) is 6.29. The number of hydrogen-bond acceptors (Lipinski definition) is 3. The van der Waals surface area contributed by atoms with Gasteiger partial charge in [0.15, 0.2) is 0 Å². The van der Waals surface area contributed by atoms with Crippen LogP contribution in [0.25, 0.3) is 0 Å². The Kier molecular flexibility index (Phi) is 5.48. The van der Waals surface area contributed by atoms with Gasteiger partial charge in [-0.25, -0.2) is 4.98 Å². The summed E-state index contributed by atoms with van der Waals surface area (Å²) >= 11 is 0. The fourth-order valence-corrected chi connectivity index (χ4v) is 1.83. The monoisotopic (exact) mass is 239 g/mol. The van der Waals surface area contributed by atoms with Crippen LogP contribution in [0.4, 0.5) is 5.95 Å². The molecule has 0 radical (unpaired) electrons. The molecule has 1 aromatic rings. The first-order valence-electron chi connectivity index (χ1n) is 6.29. The minimum absolute atomic E-state index is 0.490. The predicted molar refractivity (Wildman–Crippen MR) is 71.3 cm³/mol. The van der Waals surface area contributed by atoms with Gasteiger partial charge in [0.2, 0.25) is 5.95 Å². The van der Waals surface area contributed by atoms with Crippen LogP contribution in [0, 0.1) is 18.8 Å². The van der Waals surface area contributed by atoms with Gasteiger partial charge in [0.1, 0.15) is 0 Å². The van der Waals surface area contributed by atoms with E-state index in [9.17, 15) is 0 Å². The third kappa shape index (κ3) is 4.77. The van der Waals surface area contributed by atoms with Gasteiger partial charge in [-0.3, -0.25) is 0 Å². The van der Waals surface area contributed by atoms with Crippen LogP contribution in [0.2, 0.25) is 0 Å². The molecule has 1 N–H and O–H groups in total. The molecule has 4 nitrogen and oxygen atoms in total. The second-order valence-electron chi connectivity index (χ2n) is 5.19. The van der Waals surface area contributed by atoms with Crippen molar-refractivity contribution >= 4 is 5.95 Å². The molecular weight excluding hydrogens is 214 g/mol. The first kappa shape index (κ1) is 14.0. The highest BCUT2D eigenvalue weighted by Crippen LogP contribution is 2.12. The van der Waals surface area contributed by atoms with E-state index in [2.05, 4.69) is 41.8 Å². The zero-order valence-corrected chi connectivity index (χ0v) is 11.7. The molecule has 1 atom stereocenters. The molecule has 0 saturated carbocycles. The molecule has 4 heteroatoms. The van der Waals surface area contributed by atoms with Crippen molar-refractivity contribution in [2.45, 2.75) is 34.2 Å². The van der Waals surface area contributed by atoms with Gasteiger partial charge in [-0.2, -0.15) is 0 Å². The summed E-state index contributed by atoms with van der Waals surface area (Å²) in [5, 5.41) is 3.40. The average Bonchev–Trinajstić information content (AvgIpc) is 2.55. The van der Waals surface area contributed by atoms with Gasteiger partial charge in [0.05, 0.1) is 12.3 Å². The third-order valence-corrected chi connectivity index (χ3v) is 2.52. The van der Waals surface area contributed by atoms with Crippen LogP contribution < -0.4 is 5.32 Å². The lowest BCUT2D eigenvalue weighted by molar-refractivity contribution is 0.164. The van der Waals surface area contributed by atoms with Crippen LogP contribution >= 0.6 is 0 Å². The van der Waals surface area contributed by atoms with E-state index in [1.165, 1.54) is 0 Å². The van der Waals surface area contributed by atoms with Crippen molar-refractivity contribution in [1.29, 1.82) is 0 Å². The first-order chi connectivity index (χ1) is 8.02. The lowest BCUT2D eigenvalue weighted by Gasteiger charge is -2.14. The van der Waals surface area contributed by atoms with E-state index in [-0.39, 0.29) is 0 Å². The zero-order chi connectivity index (χ0) is 12.8. The standard InChI is InChI=1S/C13H25N3O/c1-10(2)7-16-8-12(4)15-13(16)14-6-11(3)9-17-5/h8,10-11H,6-7,9H2,1-5H3,(H,14,15). The summed E-state index contributed by atoms with van der Waals surface area (Å²) in [5.74, 6) is 2.09. The Balaban J connectivity index is 2.57. The maximum atomic E-state index is 5.12. The number of aryl methyl sites for hydroxylation is 1. The number of imidazole rings is 1. The minimum atomic E-state index is 0.490. The Morgan fingerprint density at radius 1 is 1.41 bits per heavy atom. The van der Waals surface area contributed by atoms with E-state index >= 15 is 0 Å². The van der Waals surface area contributed by atoms with Gasteiger partial charge in [-0.05, 0) is 18.8 Å². The van der Waals surface area contributed by atoms with Crippen LogP contribution in [-0.4, -0.2) is 29.8 Å². The van der Waals surface area contributed by atoms with Crippen LogP contribution in [0.15, 0.2) is 6.20 Å². The molecule has 1 aromatic heterocycles. The molecule has 0 fully saturated rings. The molecule has 0 spiro atoms. The number of nitrogens with one attached hydrogen (secondary N) is 1. The van der Waals surface area contributed by atoms with Crippen molar-refractivity contribution in [3.05, 3.63) is 11.9 Å². The maximum Gasteiger partial charge on any atom is 0.203 e. The molecule has 0 aliphatic rings. The summed E-state index contributed by atoms with van der Waals surface area (Å²) in [7, 11) is 1.74. The lowest BCUT2D eigenvalue weighted by atomic mass is 10.2. The van der Waals surface area contributed by atoms with Gasteiger partial charge in [-0.1, -0.05) is 20.8 Å². The van der Waals surface area contributed by atoms with Crippen LogP contribution in [-0.2, 0) is 11.3 Å². The van der Waals surface area contributed by atoms with Gasteiger partial charge >= 0.3 is 0 Å². The second kappa shape index (κ2) is 6.64. The third-order valence-electron chi connectivity index (χ3n) is 2.52. The van der Waals surface area contributed by atoms with Crippen LogP contribution in [0.5, 0.6) is 0 Å². The molecule has 0 aliphatic carbocycles. The lowest BCUT2D eigenvalue weighted by Crippen LogP contribution is -2.18. The number of aromatic nitrogens is 2. The molecule has 17 heavy (non-hydrogen) atoms.